The summed E-state index contributed by atoms with van der Waals surface area (Å²) in [6.07, 6.45) is 77.6. The number of nitrogens with one attached hydrogen (secondary N) is 1. The second-order valence-electron chi connectivity index (χ2n) is 24.3. The van der Waals surface area contributed by atoms with Gasteiger partial charge in [-0.2, -0.15) is 0 Å². The van der Waals surface area contributed by atoms with Crippen molar-refractivity contribution in [3.8, 4) is 0 Å². The summed E-state index contributed by atoms with van der Waals surface area (Å²) in [7, 11) is 0. The van der Waals surface area contributed by atoms with Crippen molar-refractivity contribution in [3.05, 3.63) is 60.8 Å². The van der Waals surface area contributed by atoms with Crippen LogP contribution in [0.2, 0.25) is 0 Å². The summed E-state index contributed by atoms with van der Waals surface area (Å²) in [5.74, 6) is -0.176. The maximum absolute atomic E-state index is 13.1. The third-order valence-electron chi connectivity index (χ3n) is 16.6. The Morgan fingerprint density at radius 1 is 0.432 bits per heavy atom. The lowest BCUT2D eigenvalue weighted by Crippen LogP contribution is -2.60. The average molecular weight is 1140 g/mol. The van der Waals surface area contributed by atoms with Crippen molar-refractivity contribution < 1.29 is 39.8 Å². The van der Waals surface area contributed by atoms with Crippen LogP contribution in [0, 0.1) is 0 Å². The lowest BCUT2D eigenvalue weighted by molar-refractivity contribution is -0.302. The fraction of sp³-hybridized carbons (Fsp3) is 0.847. The lowest BCUT2D eigenvalue weighted by atomic mass is 9.99. The van der Waals surface area contributed by atoms with Crippen LogP contribution in [-0.2, 0) is 14.3 Å². The van der Waals surface area contributed by atoms with E-state index in [1.54, 1.807) is 6.08 Å². The minimum atomic E-state index is -1.57. The molecule has 0 spiro atoms. The van der Waals surface area contributed by atoms with Crippen molar-refractivity contribution in [3.63, 3.8) is 0 Å². The first-order chi connectivity index (χ1) is 39.8. The van der Waals surface area contributed by atoms with E-state index in [0.29, 0.717) is 6.42 Å². The second-order valence-corrected chi connectivity index (χ2v) is 24.3. The van der Waals surface area contributed by atoms with Gasteiger partial charge in [-0.15, -0.1) is 0 Å². The molecule has 1 aliphatic rings. The standard InChI is InChI=1S/C72H133NO8/c1-3-5-7-9-11-13-15-17-19-21-23-25-27-29-30-31-32-33-34-35-36-38-39-41-43-45-47-49-51-53-55-57-59-61-66(75)65(64-80-72-71(79)70(78)69(77)67(63-74)81-72)73-68(76)62-60-58-56-54-52-50-48-46-44-42-40-37-28-26-24-22-20-18-16-14-12-10-8-6-4-2/h6,8,12,14,18,20,24,26,59,61,65-67,69-72,74-75,77-79H,3-5,7,9-11,13,15-17,19,21-23,25,27-58,60,62-64H2,1-2H3,(H,73,76)/b8-6-,14-12-,20-18-,26-24-,61-59+. The number of aliphatic hydroxyl groups is 5. The highest BCUT2D eigenvalue weighted by Gasteiger charge is 2.44. The summed E-state index contributed by atoms with van der Waals surface area (Å²) in [5.41, 5.74) is 0. The molecule has 0 aromatic rings. The van der Waals surface area contributed by atoms with Gasteiger partial charge in [-0.1, -0.05) is 331 Å². The number of aliphatic hydroxyl groups excluding tert-OH is 5. The van der Waals surface area contributed by atoms with Crippen molar-refractivity contribution in [2.45, 2.75) is 378 Å². The number of carbonyl (C=O) groups excluding carboxylic acids is 1. The molecule has 1 saturated heterocycles. The fourth-order valence-corrected chi connectivity index (χ4v) is 11.2. The van der Waals surface area contributed by atoms with Gasteiger partial charge >= 0.3 is 0 Å². The van der Waals surface area contributed by atoms with Gasteiger partial charge in [-0.05, 0) is 57.8 Å². The summed E-state index contributed by atoms with van der Waals surface area (Å²) in [6.45, 7) is 3.71. The quantitative estimate of drug-likeness (QED) is 0.0261. The second kappa shape index (κ2) is 61.0. The van der Waals surface area contributed by atoms with Gasteiger partial charge in [0, 0.05) is 6.42 Å². The average Bonchev–Trinajstić information content (AvgIpc) is 3.49. The van der Waals surface area contributed by atoms with Crippen LogP contribution in [0.1, 0.15) is 335 Å². The first-order valence-corrected chi connectivity index (χ1v) is 35.0. The maximum Gasteiger partial charge on any atom is 0.220 e. The molecule has 1 amide bonds. The van der Waals surface area contributed by atoms with Crippen molar-refractivity contribution >= 4 is 5.91 Å². The number of amides is 1. The molecule has 0 radical (unpaired) electrons. The minimum absolute atomic E-state index is 0.176. The van der Waals surface area contributed by atoms with E-state index >= 15 is 0 Å². The number of rotatable bonds is 61. The summed E-state index contributed by atoms with van der Waals surface area (Å²) in [6, 6.07) is -0.810. The number of hydrogen-bond acceptors (Lipinski definition) is 8. The van der Waals surface area contributed by atoms with Crippen LogP contribution >= 0.6 is 0 Å². The van der Waals surface area contributed by atoms with Crippen LogP contribution in [0.5, 0.6) is 0 Å². The van der Waals surface area contributed by atoms with Crippen molar-refractivity contribution in [2.75, 3.05) is 13.2 Å². The molecule has 1 rings (SSSR count). The van der Waals surface area contributed by atoms with Gasteiger partial charge in [-0.3, -0.25) is 4.79 Å². The summed E-state index contributed by atoms with van der Waals surface area (Å²) in [5, 5.41) is 54.8. The highest BCUT2D eigenvalue weighted by atomic mass is 16.7. The Hall–Kier alpha value is -2.11. The number of ether oxygens (including phenoxy) is 2. The number of allylic oxidation sites excluding steroid dienone is 9. The Kier molecular flexibility index (Phi) is 57.9. The largest absolute Gasteiger partial charge is 0.394 e. The van der Waals surface area contributed by atoms with Crippen molar-refractivity contribution in [1.29, 1.82) is 0 Å². The molecule has 474 valence electrons. The molecule has 9 nitrogen and oxygen atoms in total. The van der Waals surface area contributed by atoms with Gasteiger partial charge in [-0.25, -0.2) is 0 Å². The Morgan fingerprint density at radius 3 is 1.14 bits per heavy atom. The molecule has 0 saturated carbocycles. The van der Waals surface area contributed by atoms with Gasteiger partial charge in [0.25, 0.3) is 0 Å². The third kappa shape index (κ3) is 49.8. The molecule has 0 aliphatic carbocycles. The van der Waals surface area contributed by atoms with Gasteiger partial charge < -0.3 is 40.3 Å². The molecular formula is C72H133NO8. The highest BCUT2D eigenvalue weighted by molar-refractivity contribution is 5.76. The van der Waals surface area contributed by atoms with E-state index in [4.69, 9.17) is 9.47 Å². The van der Waals surface area contributed by atoms with E-state index in [1.165, 1.54) is 250 Å². The molecule has 1 fully saturated rings. The molecule has 7 unspecified atom stereocenters. The maximum atomic E-state index is 13.1. The van der Waals surface area contributed by atoms with E-state index in [0.717, 1.165) is 64.2 Å². The summed E-state index contributed by atoms with van der Waals surface area (Å²) >= 11 is 0. The van der Waals surface area contributed by atoms with Gasteiger partial charge in [0.1, 0.15) is 24.4 Å². The normalized spacial score (nSPS) is 18.7. The number of carbonyl (C=O) groups is 1. The van der Waals surface area contributed by atoms with Crippen LogP contribution < -0.4 is 5.32 Å². The molecular weight excluding hydrogens is 1010 g/mol. The first-order valence-electron chi connectivity index (χ1n) is 35.0. The van der Waals surface area contributed by atoms with E-state index in [9.17, 15) is 30.3 Å². The Labute approximate surface area is 500 Å². The zero-order valence-electron chi connectivity index (χ0n) is 53.0. The molecule has 6 N–H and O–H groups in total. The van der Waals surface area contributed by atoms with Crippen LogP contribution in [0.3, 0.4) is 0 Å². The van der Waals surface area contributed by atoms with E-state index in [-0.39, 0.29) is 12.5 Å². The van der Waals surface area contributed by atoms with Crippen molar-refractivity contribution in [2.24, 2.45) is 0 Å². The smallest absolute Gasteiger partial charge is 0.220 e. The fourth-order valence-electron chi connectivity index (χ4n) is 11.2. The molecule has 9 heteroatoms. The predicted octanol–water partition coefficient (Wildman–Crippen LogP) is 19.0. The molecule has 0 bridgehead atoms. The predicted molar refractivity (Wildman–Crippen MR) is 346 cm³/mol. The lowest BCUT2D eigenvalue weighted by Gasteiger charge is -2.40. The van der Waals surface area contributed by atoms with E-state index in [2.05, 4.69) is 67.8 Å². The van der Waals surface area contributed by atoms with Gasteiger partial charge in [0.2, 0.25) is 5.91 Å². The van der Waals surface area contributed by atoms with Crippen molar-refractivity contribution in [1.82, 2.24) is 5.32 Å². The van der Waals surface area contributed by atoms with Crippen LogP contribution in [-0.4, -0.2) is 87.5 Å². The van der Waals surface area contributed by atoms with Gasteiger partial charge in [0.15, 0.2) is 6.29 Å². The Bertz CT molecular complexity index is 1460. The monoisotopic (exact) mass is 1140 g/mol. The summed E-state index contributed by atoms with van der Waals surface area (Å²) < 4.78 is 11.3. The van der Waals surface area contributed by atoms with Crippen LogP contribution in [0.15, 0.2) is 60.8 Å². The van der Waals surface area contributed by atoms with Crippen LogP contribution in [0.25, 0.3) is 0 Å². The zero-order chi connectivity index (χ0) is 58.6. The third-order valence-corrected chi connectivity index (χ3v) is 16.6. The molecule has 1 heterocycles. The molecule has 0 aromatic carbocycles. The first kappa shape index (κ1) is 76.9. The number of hydrogen-bond donors (Lipinski definition) is 6. The van der Waals surface area contributed by atoms with E-state index in [1.807, 2.05) is 6.08 Å². The topological polar surface area (TPSA) is 149 Å². The van der Waals surface area contributed by atoms with Gasteiger partial charge in [0.05, 0.1) is 25.4 Å². The highest BCUT2D eigenvalue weighted by Crippen LogP contribution is 2.23. The molecule has 0 aromatic heterocycles. The molecule has 81 heavy (non-hydrogen) atoms. The molecule has 1 aliphatic heterocycles. The molecule has 7 atom stereocenters. The zero-order valence-corrected chi connectivity index (χ0v) is 53.0. The minimum Gasteiger partial charge on any atom is -0.394 e. The Morgan fingerprint density at radius 2 is 0.765 bits per heavy atom. The number of unbranched alkanes of at least 4 members (excludes halogenated alkanes) is 43. The SMILES string of the molecule is CC/C=C\C/C=C\C/C=C\C/C=C\CCCCCCCCCCCCCCC(=O)NC(COC1OC(CO)C(O)C(O)C1O)C(O)/C=C/CCCCCCCCCCCCCCCCCCCCCCCCCCCCCCCCC. The summed E-state index contributed by atoms with van der Waals surface area (Å²) in [4.78, 5) is 13.1. The Balaban J connectivity index is 2.12. The van der Waals surface area contributed by atoms with E-state index < -0.39 is 49.5 Å². The van der Waals surface area contributed by atoms with Crippen LogP contribution in [0.4, 0.5) is 0 Å².